The minimum absolute atomic E-state index is 1.09. The highest BCUT2D eigenvalue weighted by Crippen LogP contribution is 2.06. The van der Waals surface area contributed by atoms with Crippen molar-refractivity contribution in [3.8, 4) is 0 Å². The first-order valence-electron chi connectivity index (χ1n) is 3.85. The molecule has 0 spiro atoms. The van der Waals surface area contributed by atoms with Crippen LogP contribution in [-0.2, 0) is 0 Å². The third kappa shape index (κ3) is 1.58. The van der Waals surface area contributed by atoms with Crippen LogP contribution in [0.15, 0.2) is 30.5 Å². The van der Waals surface area contributed by atoms with Crippen LogP contribution in [0.1, 0.15) is 13.8 Å². The van der Waals surface area contributed by atoms with Gasteiger partial charge in [-0.1, -0.05) is 32.0 Å². The van der Waals surface area contributed by atoms with Crippen molar-refractivity contribution in [2.24, 2.45) is 0 Å². The van der Waals surface area contributed by atoms with Crippen molar-refractivity contribution in [2.75, 3.05) is 0 Å². The molecule has 2 aromatic rings. The summed E-state index contributed by atoms with van der Waals surface area (Å²) in [6.07, 6.45) is 1.81. The van der Waals surface area contributed by atoms with Crippen LogP contribution in [-0.4, -0.2) is 10.2 Å². The molecule has 11 heavy (non-hydrogen) atoms. The van der Waals surface area contributed by atoms with Gasteiger partial charge in [-0.2, -0.15) is 5.10 Å². The predicted molar refractivity (Wildman–Crippen MR) is 47.4 cm³/mol. The molecule has 2 heteroatoms. The summed E-state index contributed by atoms with van der Waals surface area (Å²) in [6, 6.07) is 8.01. The summed E-state index contributed by atoms with van der Waals surface area (Å²) < 4.78 is 0. The fourth-order valence-corrected chi connectivity index (χ4v) is 0.883. The van der Waals surface area contributed by atoms with Crippen LogP contribution in [0.5, 0.6) is 0 Å². The summed E-state index contributed by atoms with van der Waals surface area (Å²) >= 11 is 0. The standard InChI is InChI=1S/C7H6N2.C2H6/c1-2-4-7-6(3-1)5-8-9-7;1-2/h1-5H,(H,8,9);1-2H3. The zero-order valence-electron chi connectivity index (χ0n) is 6.83. The number of hydrogen-bond donors (Lipinski definition) is 1. The Morgan fingerprint density at radius 3 is 2.64 bits per heavy atom. The molecule has 0 unspecified atom stereocenters. The summed E-state index contributed by atoms with van der Waals surface area (Å²) in [5, 5.41) is 7.91. The summed E-state index contributed by atoms with van der Waals surface area (Å²) in [6.45, 7) is 4.00. The quantitative estimate of drug-likeness (QED) is 0.611. The summed E-state index contributed by atoms with van der Waals surface area (Å²) in [5.41, 5.74) is 1.09. The first-order valence-corrected chi connectivity index (χ1v) is 3.85. The van der Waals surface area contributed by atoms with Gasteiger partial charge in [0, 0.05) is 5.39 Å². The molecule has 1 aromatic heterocycles. The van der Waals surface area contributed by atoms with Crippen LogP contribution in [0.25, 0.3) is 10.9 Å². The topological polar surface area (TPSA) is 28.7 Å². The zero-order valence-corrected chi connectivity index (χ0v) is 6.83. The van der Waals surface area contributed by atoms with Gasteiger partial charge in [0.15, 0.2) is 0 Å². The first-order chi connectivity index (χ1) is 5.47. The molecule has 0 aliphatic rings. The van der Waals surface area contributed by atoms with Crippen LogP contribution in [0, 0.1) is 0 Å². The van der Waals surface area contributed by atoms with Gasteiger partial charge in [0.2, 0.25) is 0 Å². The van der Waals surface area contributed by atoms with E-state index < -0.39 is 0 Å². The van der Waals surface area contributed by atoms with Crippen molar-refractivity contribution in [1.29, 1.82) is 0 Å². The van der Waals surface area contributed by atoms with Gasteiger partial charge < -0.3 is 0 Å². The molecule has 58 valence electrons. The molecule has 0 saturated carbocycles. The van der Waals surface area contributed by atoms with E-state index in [2.05, 4.69) is 10.2 Å². The maximum Gasteiger partial charge on any atom is 0.0650 e. The second kappa shape index (κ2) is 3.76. The predicted octanol–water partition coefficient (Wildman–Crippen LogP) is 2.59. The molecule has 2 rings (SSSR count). The molecule has 1 aromatic carbocycles. The van der Waals surface area contributed by atoms with Crippen LogP contribution in [0.2, 0.25) is 0 Å². The van der Waals surface area contributed by atoms with Crippen molar-refractivity contribution in [3.05, 3.63) is 30.5 Å². The molecule has 0 fully saturated rings. The fraction of sp³-hybridized carbons (Fsp3) is 0.222. The molecule has 2 nitrogen and oxygen atoms in total. The number of nitrogens with zero attached hydrogens (tertiary/aromatic N) is 1. The van der Waals surface area contributed by atoms with Crippen LogP contribution in [0.4, 0.5) is 0 Å². The minimum atomic E-state index is 1.09. The smallest absolute Gasteiger partial charge is 0.0650 e. The molecule has 0 amide bonds. The molecule has 0 saturated heterocycles. The van der Waals surface area contributed by atoms with Crippen molar-refractivity contribution in [3.63, 3.8) is 0 Å². The van der Waals surface area contributed by atoms with Gasteiger partial charge in [-0.25, -0.2) is 0 Å². The summed E-state index contributed by atoms with van der Waals surface area (Å²) in [4.78, 5) is 0. The summed E-state index contributed by atoms with van der Waals surface area (Å²) in [7, 11) is 0. The molecule has 0 atom stereocenters. The van der Waals surface area contributed by atoms with E-state index in [9.17, 15) is 0 Å². The van der Waals surface area contributed by atoms with Gasteiger partial charge in [-0.15, -0.1) is 0 Å². The Hall–Kier alpha value is -1.31. The number of benzene rings is 1. The van der Waals surface area contributed by atoms with Crippen molar-refractivity contribution >= 4 is 10.9 Å². The van der Waals surface area contributed by atoms with E-state index in [0.29, 0.717) is 0 Å². The SMILES string of the molecule is CC.c1ccc2[nH]ncc2c1. The number of aromatic nitrogens is 2. The van der Waals surface area contributed by atoms with Crippen molar-refractivity contribution < 1.29 is 0 Å². The summed E-state index contributed by atoms with van der Waals surface area (Å²) in [5.74, 6) is 0. The Morgan fingerprint density at radius 2 is 1.91 bits per heavy atom. The van der Waals surface area contributed by atoms with E-state index in [1.807, 2.05) is 44.3 Å². The number of para-hydroxylation sites is 1. The Balaban J connectivity index is 0.000000281. The second-order valence-corrected chi connectivity index (χ2v) is 1.96. The highest BCUT2D eigenvalue weighted by molar-refractivity contribution is 5.77. The van der Waals surface area contributed by atoms with E-state index >= 15 is 0 Å². The fourth-order valence-electron chi connectivity index (χ4n) is 0.883. The monoisotopic (exact) mass is 148 g/mol. The number of H-pyrrole nitrogens is 1. The lowest BCUT2D eigenvalue weighted by Crippen LogP contribution is -1.63. The highest BCUT2D eigenvalue weighted by atomic mass is 15.1. The molecule has 1 heterocycles. The average molecular weight is 148 g/mol. The van der Waals surface area contributed by atoms with Crippen LogP contribution in [0.3, 0.4) is 0 Å². The lowest BCUT2D eigenvalue weighted by Gasteiger charge is -1.81. The number of nitrogens with one attached hydrogen (secondary N) is 1. The molecule has 1 N–H and O–H groups in total. The third-order valence-corrected chi connectivity index (χ3v) is 1.35. The molecule has 0 aliphatic carbocycles. The average Bonchev–Trinajstić information content (AvgIpc) is 2.55. The van der Waals surface area contributed by atoms with E-state index in [1.165, 1.54) is 0 Å². The molecule has 0 radical (unpaired) electrons. The number of aromatic amines is 1. The van der Waals surface area contributed by atoms with Crippen LogP contribution >= 0.6 is 0 Å². The van der Waals surface area contributed by atoms with Crippen LogP contribution < -0.4 is 0 Å². The van der Waals surface area contributed by atoms with Crippen molar-refractivity contribution in [2.45, 2.75) is 13.8 Å². The second-order valence-electron chi connectivity index (χ2n) is 1.96. The van der Waals surface area contributed by atoms with Gasteiger partial charge in [0.25, 0.3) is 0 Å². The normalized spacial score (nSPS) is 8.91. The highest BCUT2D eigenvalue weighted by Gasteiger charge is 1.88. The van der Waals surface area contributed by atoms with E-state index in [-0.39, 0.29) is 0 Å². The van der Waals surface area contributed by atoms with E-state index in [4.69, 9.17) is 0 Å². The largest absolute Gasteiger partial charge is 0.278 e. The molecular formula is C9H12N2. The Kier molecular flexibility index (Phi) is 2.66. The maximum atomic E-state index is 3.88. The zero-order chi connectivity index (χ0) is 8.10. The van der Waals surface area contributed by atoms with Gasteiger partial charge in [0.1, 0.15) is 0 Å². The molecule has 0 bridgehead atoms. The van der Waals surface area contributed by atoms with E-state index in [0.717, 1.165) is 10.9 Å². The minimum Gasteiger partial charge on any atom is -0.278 e. The van der Waals surface area contributed by atoms with Gasteiger partial charge in [0.05, 0.1) is 11.7 Å². The maximum absolute atomic E-state index is 3.88. The molecular weight excluding hydrogens is 136 g/mol. The molecule has 0 aliphatic heterocycles. The number of hydrogen-bond acceptors (Lipinski definition) is 1. The third-order valence-electron chi connectivity index (χ3n) is 1.35. The van der Waals surface area contributed by atoms with Gasteiger partial charge >= 0.3 is 0 Å². The number of fused-ring (bicyclic) bond motifs is 1. The first kappa shape index (κ1) is 7.79. The Morgan fingerprint density at radius 1 is 1.18 bits per heavy atom. The van der Waals surface area contributed by atoms with Gasteiger partial charge in [-0.3, -0.25) is 5.10 Å². The lowest BCUT2D eigenvalue weighted by molar-refractivity contribution is 1.12. The van der Waals surface area contributed by atoms with Crippen molar-refractivity contribution in [1.82, 2.24) is 10.2 Å². The Labute approximate surface area is 66.2 Å². The van der Waals surface area contributed by atoms with Gasteiger partial charge in [-0.05, 0) is 6.07 Å². The number of rotatable bonds is 0. The Bertz CT molecular complexity index is 282. The van der Waals surface area contributed by atoms with E-state index in [1.54, 1.807) is 0 Å². The lowest BCUT2D eigenvalue weighted by atomic mass is 10.3.